The van der Waals surface area contributed by atoms with E-state index in [-0.39, 0.29) is 28.9 Å². The molecule has 0 spiro atoms. The number of ketones is 1. The number of alkyl halides is 3. The highest BCUT2D eigenvalue weighted by atomic mass is 19.4. The van der Waals surface area contributed by atoms with Crippen LogP contribution in [0.25, 0.3) is 0 Å². The third-order valence-corrected chi connectivity index (χ3v) is 7.09. The van der Waals surface area contributed by atoms with Crippen molar-refractivity contribution in [1.82, 2.24) is 4.90 Å². The van der Waals surface area contributed by atoms with Gasteiger partial charge in [0.25, 0.3) is 0 Å². The number of carbonyl (C=O) groups excluding carboxylic acids is 4. The van der Waals surface area contributed by atoms with Crippen LogP contribution < -0.4 is 4.90 Å². The number of anilines is 1. The number of carbonyl (C=O) groups is 4. The average molecular weight is 432 g/mol. The summed E-state index contributed by atoms with van der Waals surface area (Å²) in [4.78, 5) is 51.3. The van der Waals surface area contributed by atoms with Crippen LogP contribution in [0.1, 0.15) is 23.7 Å². The number of amides is 3. The second-order valence-electron chi connectivity index (χ2n) is 8.74. The number of imide groups is 1. The topological polar surface area (TPSA) is 74.8 Å². The van der Waals surface area contributed by atoms with Gasteiger partial charge in [0.05, 0.1) is 11.8 Å². The summed E-state index contributed by atoms with van der Waals surface area (Å²) >= 11 is 0. The molecule has 1 aliphatic heterocycles. The molecule has 0 unspecified atom stereocenters. The molecule has 1 aromatic carbocycles. The van der Waals surface area contributed by atoms with Gasteiger partial charge in [-0.1, -0.05) is 24.3 Å². The molecule has 31 heavy (non-hydrogen) atoms. The second-order valence-corrected chi connectivity index (χ2v) is 8.74. The van der Waals surface area contributed by atoms with E-state index in [1.165, 1.54) is 25.1 Å². The molecule has 1 saturated heterocycles. The van der Waals surface area contributed by atoms with Crippen molar-refractivity contribution in [2.24, 2.45) is 35.5 Å². The number of nitrogens with zero attached hydrogens (tertiary/aromatic N) is 2. The van der Waals surface area contributed by atoms with Crippen LogP contribution >= 0.6 is 0 Å². The maximum absolute atomic E-state index is 13.3. The summed E-state index contributed by atoms with van der Waals surface area (Å²) in [6.45, 7) is 0.417. The van der Waals surface area contributed by atoms with Crippen molar-refractivity contribution in [2.45, 2.75) is 19.5 Å². The molecule has 4 aliphatic carbocycles. The molecule has 3 fully saturated rings. The number of halogens is 3. The highest BCUT2D eigenvalue weighted by Crippen LogP contribution is 2.65. The molecule has 3 amide bonds. The first-order valence-electron chi connectivity index (χ1n) is 10.1. The fourth-order valence-corrected chi connectivity index (χ4v) is 5.61. The Kier molecular flexibility index (Phi) is 4.19. The van der Waals surface area contributed by atoms with Crippen molar-refractivity contribution in [3.8, 4) is 0 Å². The van der Waals surface area contributed by atoms with Crippen LogP contribution in [0, 0.1) is 35.5 Å². The SMILES string of the molecule is CC(=O)c1cccc(N(CN2C(=O)[C@@H]3[C@H]4C=C[C@@H]([C@@H]5C[C@@H]45)[C@H]3C2=O)C(=O)C(F)(F)F)c1. The van der Waals surface area contributed by atoms with Gasteiger partial charge in [-0.2, -0.15) is 13.2 Å². The summed E-state index contributed by atoms with van der Waals surface area (Å²) in [5.74, 6) is -4.22. The molecule has 6 atom stereocenters. The summed E-state index contributed by atoms with van der Waals surface area (Å²) in [6.07, 6.45) is -0.327. The van der Waals surface area contributed by atoms with Gasteiger partial charge in [0.2, 0.25) is 11.8 Å². The van der Waals surface area contributed by atoms with Gasteiger partial charge in [-0.05, 0) is 49.1 Å². The summed E-state index contributed by atoms with van der Waals surface area (Å²) in [5.41, 5.74) is -0.0815. The third-order valence-electron chi connectivity index (χ3n) is 7.09. The van der Waals surface area contributed by atoms with E-state index in [2.05, 4.69) is 0 Å². The molecule has 162 valence electrons. The summed E-state index contributed by atoms with van der Waals surface area (Å²) in [6, 6.07) is 5.17. The van der Waals surface area contributed by atoms with E-state index in [4.69, 9.17) is 0 Å². The molecular formula is C22H19F3N2O4. The third kappa shape index (κ3) is 2.93. The molecule has 0 radical (unpaired) electrons. The number of allylic oxidation sites excluding steroid dienone is 2. The maximum Gasteiger partial charge on any atom is 0.471 e. The molecule has 0 N–H and O–H groups in total. The van der Waals surface area contributed by atoms with Crippen molar-refractivity contribution in [2.75, 3.05) is 11.6 Å². The Balaban J connectivity index is 1.48. The Labute approximate surface area is 175 Å². The van der Waals surface area contributed by atoms with Crippen LogP contribution in [0.2, 0.25) is 0 Å². The number of rotatable bonds is 4. The van der Waals surface area contributed by atoms with Crippen LogP contribution in [0.4, 0.5) is 18.9 Å². The Hall–Kier alpha value is -2.97. The fourth-order valence-electron chi connectivity index (χ4n) is 5.61. The summed E-state index contributed by atoms with van der Waals surface area (Å²) in [5, 5.41) is 0. The molecule has 2 saturated carbocycles. The van der Waals surface area contributed by atoms with E-state index in [1.54, 1.807) is 0 Å². The predicted octanol–water partition coefficient (Wildman–Crippen LogP) is 2.80. The quantitative estimate of drug-likeness (QED) is 0.417. The van der Waals surface area contributed by atoms with Gasteiger partial charge >= 0.3 is 12.1 Å². The van der Waals surface area contributed by atoms with Crippen molar-refractivity contribution < 1.29 is 32.3 Å². The molecule has 9 heteroatoms. The van der Waals surface area contributed by atoms with E-state index in [0.29, 0.717) is 16.7 Å². The van der Waals surface area contributed by atoms with E-state index in [9.17, 15) is 32.3 Å². The second kappa shape index (κ2) is 6.51. The van der Waals surface area contributed by atoms with E-state index in [1.807, 2.05) is 12.2 Å². The lowest BCUT2D eigenvalue weighted by Crippen LogP contribution is -2.49. The van der Waals surface area contributed by atoms with Crippen LogP contribution in [0.5, 0.6) is 0 Å². The molecule has 5 aliphatic rings. The number of hydrogen-bond donors (Lipinski definition) is 0. The Morgan fingerprint density at radius 3 is 2.16 bits per heavy atom. The first kappa shape index (κ1) is 20.0. The lowest BCUT2D eigenvalue weighted by molar-refractivity contribution is -0.171. The average Bonchev–Trinajstić information content (AvgIpc) is 3.51. The summed E-state index contributed by atoms with van der Waals surface area (Å²) < 4.78 is 40.0. The van der Waals surface area contributed by atoms with Gasteiger partial charge in [-0.15, -0.1) is 0 Å². The van der Waals surface area contributed by atoms with Gasteiger partial charge in [-0.3, -0.25) is 29.0 Å². The van der Waals surface area contributed by atoms with Crippen molar-refractivity contribution in [3.63, 3.8) is 0 Å². The van der Waals surface area contributed by atoms with Gasteiger partial charge in [0, 0.05) is 11.3 Å². The van der Waals surface area contributed by atoms with Gasteiger partial charge in [0.1, 0.15) is 6.67 Å². The van der Waals surface area contributed by atoms with Gasteiger partial charge < -0.3 is 0 Å². The Bertz CT molecular complexity index is 1010. The molecule has 2 bridgehead atoms. The zero-order chi connectivity index (χ0) is 22.2. The van der Waals surface area contributed by atoms with E-state index in [0.717, 1.165) is 17.4 Å². The lowest BCUT2D eigenvalue weighted by atomic mass is 9.63. The van der Waals surface area contributed by atoms with E-state index >= 15 is 0 Å². The number of hydrogen-bond acceptors (Lipinski definition) is 4. The van der Waals surface area contributed by atoms with Crippen LogP contribution in [0.15, 0.2) is 36.4 Å². The van der Waals surface area contributed by atoms with E-state index < -0.39 is 42.4 Å². The number of likely N-dealkylation sites (tertiary alicyclic amines) is 1. The molecular weight excluding hydrogens is 413 g/mol. The first-order chi connectivity index (χ1) is 14.6. The minimum absolute atomic E-state index is 0.0748. The van der Waals surface area contributed by atoms with Gasteiger partial charge in [0.15, 0.2) is 5.78 Å². The molecule has 6 rings (SSSR count). The maximum atomic E-state index is 13.3. The summed E-state index contributed by atoms with van der Waals surface area (Å²) in [7, 11) is 0. The van der Waals surface area contributed by atoms with Crippen LogP contribution in [-0.2, 0) is 14.4 Å². The van der Waals surface area contributed by atoms with Crippen molar-refractivity contribution >= 4 is 29.2 Å². The zero-order valence-corrected chi connectivity index (χ0v) is 16.5. The number of Topliss-reactive ketones (excluding diaryl/α,β-unsaturated/α-hetero) is 1. The largest absolute Gasteiger partial charge is 0.471 e. The molecule has 0 aromatic heterocycles. The first-order valence-corrected chi connectivity index (χ1v) is 10.1. The van der Waals surface area contributed by atoms with Crippen LogP contribution in [-0.4, -0.2) is 41.2 Å². The Morgan fingerprint density at radius 1 is 1.06 bits per heavy atom. The highest BCUT2D eigenvalue weighted by molar-refractivity contribution is 6.08. The lowest BCUT2D eigenvalue weighted by Gasteiger charge is -2.37. The highest BCUT2D eigenvalue weighted by Gasteiger charge is 2.67. The van der Waals surface area contributed by atoms with Gasteiger partial charge in [-0.25, -0.2) is 0 Å². The zero-order valence-electron chi connectivity index (χ0n) is 16.5. The normalized spacial score (nSPS) is 32.7. The molecule has 6 nitrogen and oxygen atoms in total. The predicted molar refractivity (Wildman–Crippen MR) is 101 cm³/mol. The van der Waals surface area contributed by atoms with Crippen LogP contribution in [0.3, 0.4) is 0 Å². The van der Waals surface area contributed by atoms with Crippen molar-refractivity contribution in [1.29, 1.82) is 0 Å². The smallest absolute Gasteiger partial charge is 0.295 e. The number of benzene rings is 1. The Morgan fingerprint density at radius 2 is 1.65 bits per heavy atom. The fraction of sp³-hybridized carbons (Fsp3) is 0.455. The minimum atomic E-state index is -5.22. The molecule has 1 aromatic rings. The standard InChI is InChI=1S/C22H19F3N2O4/c1-10(28)11-3-2-4-12(7-11)26(21(31)22(23,24)25)9-27-19(29)17-13-5-6-14(16-8-15(13)16)18(17)20(27)30/h2-7,13-18H,8-9H2,1H3/t13-,14-,15-,16-,17+,18+/m0/s1. The molecule has 1 heterocycles. The monoisotopic (exact) mass is 432 g/mol. The minimum Gasteiger partial charge on any atom is -0.295 e. The van der Waals surface area contributed by atoms with Crippen molar-refractivity contribution in [3.05, 3.63) is 42.0 Å².